The van der Waals surface area contributed by atoms with E-state index in [1.807, 2.05) is 24.3 Å². The van der Waals surface area contributed by atoms with Crippen molar-refractivity contribution in [3.05, 3.63) is 64.7 Å². The molecule has 0 aliphatic rings. The lowest BCUT2D eigenvalue weighted by molar-refractivity contribution is -0.119. The minimum atomic E-state index is -0.185. The molecule has 0 saturated heterocycles. The van der Waals surface area contributed by atoms with Gasteiger partial charge in [0.05, 0.1) is 26.7 Å². The smallest absolute Gasteiger partial charge is 0.248 e. The summed E-state index contributed by atoms with van der Waals surface area (Å²) in [6, 6.07) is 13.0. The Bertz CT molecular complexity index is 910. The van der Waals surface area contributed by atoms with Gasteiger partial charge in [-0.05, 0) is 30.3 Å². The first-order valence-electron chi connectivity index (χ1n) is 7.20. The monoisotopic (exact) mass is 409 g/mol. The van der Waals surface area contributed by atoms with E-state index in [-0.39, 0.29) is 11.7 Å². The number of carbonyl (C=O) groups excluding carboxylic acids is 1. The van der Waals surface area contributed by atoms with E-state index in [2.05, 4.69) is 22.4 Å². The molecular formula is C17H13Cl2N3OS2. The Kier molecular flexibility index (Phi) is 5.86. The number of hydrogen-bond acceptors (Lipinski definition) is 5. The molecule has 4 nitrogen and oxygen atoms in total. The van der Waals surface area contributed by atoms with Crippen LogP contribution < -0.4 is 10.9 Å². The van der Waals surface area contributed by atoms with Crippen LogP contribution in [-0.2, 0) is 4.79 Å². The number of benzene rings is 2. The summed E-state index contributed by atoms with van der Waals surface area (Å²) in [6.07, 6.45) is 0. The maximum Gasteiger partial charge on any atom is 0.248 e. The molecule has 0 aliphatic heterocycles. The number of amides is 1. The highest BCUT2D eigenvalue weighted by molar-refractivity contribution is 8.01. The number of thiazole rings is 1. The van der Waals surface area contributed by atoms with E-state index in [1.165, 1.54) is 11.8 Å². The number of hydrazine groups is 1. The second kappa shape index (κ2) is 8.10. The topological polar surface area (TPSA) is 54.0 Å². The highest BCUT2D eigenvalue weighted by Gasteiger charge is 2.09. The van der Waals surface area contributed by atoms with Crippen molar-refractivity contribution in [3.63, 3.8) is 0 Å². The van der Waals surface area contributed by atoms with Crippen LogP contribution in [0.3, 0.4) is 0 Å². The summed E-state index contributed by atoms with van der Waals surface area (Å²) < 4.78 is 1.96. The Morgan fingerprint density at radius 2 is 2.00 bits per heavy atom. The molecule has 3 rings (SSSR count). The molecule has 0 saturated carbocycles. The molecule has 0 unspecified atom stereocenters. The van der Waals surface area contributed by atoms with Gasteiger partial charge in [-0.1, -0.05) is 53.7 Å². The van der Waals surface area contributed by atoms with E-state index in [4.69, 9.17) is 23.2 Å². The van der Waals surface area contributed by atoms with Crippen molar-refractivity contribution in [3.8, 4) is 0 Å². The van der Waals surface area contributed by atoms with Crippen LogP contribution in [0, 0.1) is 0 Å². The second-order valence-electron chi connectivity index (χ2n) is 5.01. The molecule has 128 valence electrons. The molecule has 0 atom stereocenters. The lowest BCUT2D eigenvalue weighted by Gasteiger charge is -2.12. The zero-order chi connectivity index (χ0) is 17.8. The predicted octanol–water partition coefficient (Wildman–Crippen LogP) is 4.99. The SMILES string of the molecule is C=C(NNC(=O)CSc1nc2ccccc2s1)c1ccc(Cl)cc1Cl. The lowest BCUT2D eigenvalue weighted by atomic mass is 10.2. The van der Waals surface area contributed by atoms with Crippen LogP contribution in [0.25, 0.3) is 15.9 Å². The summed E-state index contributed by atoms with van der Waals surface area (Å²) in [5.41, 5.74) is 7.47. The third-order valence-corrected chi connectivity index (χ3v) is 5.94. The number of fused-ring (bicyclic) bond motifs is 1. The quantitative estimate of drug-likeness (QED) is 0.444. The fourth-order valence-electron chi connectivity index (χ4n) is 2.02. The number of halogens is 2. The van der Waals surface area contributed by atoms with Gasteiger partial charge in [0.15, 0.2) is 4.34 Å². The maximum atomic E-state index is 12.0. The number of rotatable bonds is 6. The van der Waals surface area contributed by atoms with Gasteiger partial charge in [-0.2, -0.15) is 0 Å². The number of para-hydroxylation sites is 1. The van der Waals surface area contributed by atoms with Crippen LogP contribution in [-0.4, -0.2) is 16.6 Å². The summed E-state index contributed by atoms with van der Waals surface area (Å²) in [5.74, 6) is 0.0598. The van der Waals surface area contributed by atoms with Crippen LogP contribution in [0.5, 0.6) is 0 Å². The van der Waals surface area contributed by atoms with Gasteiger partial charge in [0, 0.05) is 10.6 Å². The number of hydrogen-bond donors (Lipinski definition) is 2. The highest BCUT2D eigenvalue weighted by Crippen LogP contribution is 2.29. The van der Waals surface area contributed by atoms with Crippen LogP contribution in [0.4, 0.5) is 0 Å². The van der Waals surface area contributed by atoms with Crippen LogP contribution in [0.1, 0.15) is 5.56 Å². The molecule has 0 spiro atoms. The van der Waals surface area contributed by atoms with Gasteiger partial charge in [-0.15, -0.1) is 11.3 Å². The van der Waals surface area contributed by atoms with E-state index in [0.29, 0.717) is 21.3 Å². The minimum absolute atomic E-state index is 0.185. The van der Waals surface area contributed by atoms with Gasteiger partial charge in [0.2, 0.25) is 5.91 Å². The van der Waals surface area contributed by atoms with E-state index in [9.17, 15) is 4.79 Å². The van der Waals surface area contributed by atoms with E-state index >= 15 is 0 Å². The first-order valence-corrected chi connectivity index (χ1v) is 9.76. The Morgan fingerprint density at radius 3 is 2.76 bits per heavy atom. The van der Waals surface area contributed by atoms with E-state index in [0.717, 1.165) is 14.6 Å². The van der Waals surface area contributed by atoms with Gasteiger partial charge in [-0.3, -0.25) is 15.6 Å². The molecule has 2 aromatic carbocycles. The Labute approximate surface area is 163 Å². The zero-order valence-electron chi connectivity index (χ0n) is 12.9. The highest BCUT2D eigenvalue weighted by atomic mass is 35.5. The van der Waals surface area contributed by atoms with Crippen molar-refractivity contribution in [2.24, 2.45) is 0 Å². The fraction of sp³-hybridized carbons (Fsp3) is 0.0588. The average molecular weight is 410 g/mol. The van der Waals surface area contributed by atoms with Crippen LogP contribution in [0.2, 0.25) is 10.0 Å². The normalized spacial score (nSPS) is 10.6. The maximum absolute atomic E-state index is 12.0. The molecular weight excluding hydrogens is 397 g/mol. The van der Waals surface area contributed by atoms with Crippen molar-refractivity contribution in [1.29, 1.82) is 0 Å². The molecule has 0 bridgehead atoms. The summed E-state index contributed by atoms with van der Waals surface area (Å²) in [5, 5.41) is 1.00. The summed E-state index contributed by atoms with van der Waals surface area (Å²) >= 11 is 14.9. The largest absolute Gasteiger partial charge is 0.299 e. The first kappa shape index (κ1) is 18.1. The first-order chi connectivity index (χ1) is 12.0. The summed E-state index contributed by atoms with van der Waals surface area (Å²) in [7, 11) is 0. The van der Waals surface area contributed by atoms with Crippen LogP contribution >= 0.6 is 46.3 Å². The predicted molar refractivity (Wildman–Crippen MR) is 107 cm³/mol. The van der Waals surface area contributed by atoms with Crippen LogP contribution in [0.15, 0.2) is 53.4 Å². The van der Waals surface area contributed by atoms with Gasteiger partial charge < -0.3 is 0 Å². The number of nitrogens with zero attached hydrogens (tertiary/aromatic N) is 1. The summed E-state index contributed by atoms with van der Waals surface area (Å²) in [6.45, 7) is 3.86. The molecule has 0 fully saturated rings. The van der Waals surface area contributed by atoms with Gasteiger partial charge in [0.1, 0.15) is 0 Å². The molecule has 0 radical (unpaired) electrons. The standard InChI is InChI=1S/C17H13Cl2N3OS2/c1-10(12-7-6-11(18)8-13(12)19)21-22-16(23)9-24-17-20-14-4-2-3-5-15(14)25-17/h2-8,21H,1,9H2,(H,22,23). The second-order valence-corrected chi connectivity index (χ2v) is 8.11. The molecule has 3 aromatic rings. The Balaban J connectivity index is 1.51. The Hall–Kier alpha value is -1.73. The molecule has 0 aliphatic carbocycles. The fourth-order valence-corrected chi connectivity index (χ4v) is 4.41. The molecule has 8 heteroatoms. The molecule has 2 N–H and O–H groups in total. The number of nitrogens with one attached hydrogen (secondary N) is 2. The van der Waals surface area contributed by atoms with Crippen molar-refractivity contribution in [2.45, 2.75) is 4.34 Å². The number of aromatic nitrogens is 1. The molecule has 25 heavy (non-hydrogen) atoms. The average Bonchev–Trinajstić information content (AvgIpc) is 3.01. The zero-order valence-corrected chi connectivity index (χ0v) is 16.0. The van der Waals surface area contributed by atoms with Gasteiger partial charge in [-0.25, -0.2) is 4.98 Å². The number of thioether (sulfide) groups is 1. The van der Waals surface area contributed by atoms with Gasteiger partial charge in [0.25, 0.3) is 0 Å². The van der Waals surface area contributed by atoms with Crippen molar-refractivity contribution in [1.82, 2.24) is 15.8 Å². The molecule has 1 aromatic heterocycles. The van der Waals surface area contributed by atoms with Crippen molar-refractivity contribution >= 4 is 68.1 Å². The Morgan fingerprint density at radius 1 is 1.20 bits per heavy atom. The summed E-state index contributed by atoms with van der Waals surface area (Å²) in [4.78, 5) is 16.5. The van der Waals surface area contributed by atoms with Gasteiger partial charge >= 0.3 is 0 Å². The van der Waals surface area contributed by atoms with E-state index < -0.39 is 0 Å². The third-order valence-electron chi connectivity index (χ3n) is 3.21. The molecule has 1 amide bonds. The number of carbonyl (C=O) groups is 1. The van der Waals surface area contributed by atoms with Crippen molar-refractivity contribution < 1.29 is 4.79 Å². The third kappa shape index (κ3) is 4.67. The minimum Gasteiger partial charge on any atom is -0.299 e. The molecule has 1 heterocycles. The lowest BCUT2D eigenvalue weighted by Crippen LogP contribution is -2.37. The van der Waals surface area contributed by atoms with Crippen molar-refractivity contribution in [2.75, 3.05) is 5.75 Å². The van der Waals surface area contributed by atoms with E-state index in [1.54, 1.807) is 29.5 Å².